The minimum absolute atomic E-state index is 0.00289. The van der Waals surface area contributed by atoms with E-state index in [-0.39, 0.29) is 23.7 Å². The molecule has 0 saturated carbocycles. The van der Waals surface area contributed by atoms with Crippen molar-refractivity contribution in [2.45, 2.75) is 49.6 Å². The summed E-state index contributed by atoms with van der Waals surface area (Å²) in [5, 5.41) is 2.58. The van der Waals surface area contributed by atoms with Gasteiger partial charge in [0.2, 0.25) is 11.9 Å². The quantitative estimate of drug-likeness (QED) is 0.0815. The van der Waals surface area contributed by atoms with E-state index in [2.05, 4.69) is 20.3 Å². The maximum absolute atomic E-state index is 13.5. The minimum Gasteiger partial charge on any atom is -0.457 e. The van der Waals surface area contributed by atoms with Crippen molar-refractivity contribution in [2.24, 2.45) is 0 Å². The lowest BCUT2D eigenvalue weighted by atomic mass is 9.79. The van der Waals surface area contributed by atoms with E-state index in [1.165, 1.54) is 20.2 Å². The number of rotatable bonds is 14. The van der Waals surface area contributed by atoms with E-state index in [4.69, 9.17) is 18.9 Å². The Labute approximate surface area is 369 Å². The summed E-state index contributed by atoms with van der Waals surface area (Å²) in [5.74, 6) is -1.09. The Kier molecular flexibility index (Phi) is 11.8. The van der Waals surface area contributed by atoms with Gasteiger partial charge in [-0.3, -0.25) is 29.3 Å². The summed E-state index contributed by atoms with van der Waals surface area (Å²) in [6.07, 6.45) is -2.93. The van der Waals surface area contributed by atoms with E-state index < -0.39 is 53.2 Å². The van der Waals surface area contributed by atoms with E-state index in [0.29, 0.717) is 0 Å². The molecule has 12 heteroatoms. The summed E-state index contributed by atoms with van der Waals surface area (Å²) in [7, 11) is 0. The molecule has 64 heavy (non-hydrogen) atoms. The Morgan fingerprint density at radius 3 is 1.47 bits per heavy atom. The molecule has 0 spiro atoms. The highest BCUT2D eigenvalue weighted by molar-refractivity contribution is 5.87. The van der Waals surface area contributed by atoms with Crippen LogP contribution in [0.15, 0.2) is 193 Å². The standard InChI is InChI=1S/C52H45N5O7/c1-35(58)54-50-55-47-44(48(60)56-50)53-34-57(47)49-46(64-52(40-27-15-6-16-28-40,41-29-17-7-18-30-41)42-31-19-8-20-32-42)45(62-36(2)59)43(63-49)33-61-51(37-21-9-3-10-22-37,38-23-11-4-12-24-38)39-25-13-5-14-26-39/h3-32,34,43,45-46,49H,33H2,1-2H3,(H2,54,55,56,58,60)/t43-,45+,46-,49-/m1/s1. The monoisotopic (exact) mass is 851 g/mol. The number of imidazole rings is 1. The zero-order chi connectivity index (χ0) is 44.1. The summed E-state index contributed by atoms with van der Waals surface area (Å²) in [5.41, 5.74) is 2.01. The lowest BCUT2D eigenvalue weighted by Crippen LogP contribution is -2.46. The van der Waals surface area contributed by atoms with Gasteiger partial charge < -0.3 is 18.9 Å². The number of ether oxygens (including phenoxy) is 4. The first-order chi connectivity index (χ1) is 31.3. The zero-order valence-corrected chi connectivity index (χ0v) is 35.1. The average Bonchev–Trinajstić information content (AvgIpc) is 3.90. The van der Waals surface area contributed by atoms with Crippen molar-refractivity contribution >= 4 is 29.0 Å². The average molecular weight is 852 g/mol. The van der Waals surface area contributed by atoms with Gasteiger partial charge in [0, 0.05) is 13.8 Å². The Hall–Kier alpha value is -7.51. The van der Waals surface area contributed by atoms with Gasteiger partial charge in [0.25, 0.3) is 5.56 Å². The van der Waals surface area contributed by atoms with Gasteiger partial charge in [-0.25, -0.2) is 4.98 Å². The second-order valence-electron chi connectivity index (χ2n) is 15.5. The van der Waals surface area contributed by atoms with E-state index in [9.17, 15) is 14.4 Å². The highest BCUT2D eigenvalue weighted by Crippen LogP contribution is 2.48. The predicted octanol–water partition coefficient (Wildman–Crippen LogP) is 8.29. The highest BCUT2D eigenvalue weighted by atomic mass is 16.6. The van der Waals surface area contributed by atoms with Crippen LogP contribution in [0.3, 0.4) is 0 Å². The first kappa shape index (κ1) is 41.8. The maximum Gasteiger partial charge on any atom is 0.303 e. The fraction of sp³-hybridized carbons (Fsp3) is 0.173. The molecule has 0 unspecified atom stereocenters. The number of hydrogen-bond acceptors (Lipinski definition) is 9. The van der Waals surface area contributed by atoms with Crippen LogP contribution in [0.4, 0.5) is 5.95 Å². The number of nitrogens with one attached hydrogen (secondary N) is 2. The number of fused-ring (bicyclic) bond motifs is 1. The third-order valence-electron chi connectivity index (χ3n) is 11.4. The van der Waals surface area contributed by atoms with Gasteiger partial charge in [0.1, 0.15) is 23.4 Å². The van der Waals surface area contributed by atoms with Gasteiger partial charge in [-0.05, 0) is 33.4 Å². The fourth-order valence-electron chi connectivity index (χ4n) is 8.77. The summed E-state index contributed by atoms with van der Waals surface area (Å²) >= 11 is 0. The molecule has 2 N–H and O–H groups in total. The number of aromatic nitrogens is 4. The lowest BCUT2D eigenvalue weighted by molar-refractivity contribution is -0.164. The number of aromatic amines is 1. The van der Waals surface area contributed by atoms with Crippen molar-refractivity contribution in [2.75, 3.05) is 11.9 Å². The molecule has 1 amide bonds. The number of carbonyl (C=O) groups excluding carboxylic acids is 2. The SMILES string of the molecule is CC(=O)Nc1nc2c(ncn2[C@@H]2O[C@H](COC(c3ccccc3)(c3ccccc3)c3ccccc3)[C@H](OC(C)=O)[C@H]2OC(c2ccccc2)(c2ccccc2)c2ccccc2)c(=O)[nH]1. The van der Waals surface area contributed by atoms with E-state index in [1.54, 1.807) is 4.57 Å². The molecule has 12 nitrogen and oxygen atoms in total. The Morgan fingerprint density at radius 1 is 0.641 bits per heavy atom. The van der Waals surface area contributed by atoms with E-state index >= 15 is 0 Å². The minimum atomic E-state index is -1.32. The van der Waals surface area contributed by atoms with Crippen LogP contribution in [-0.4, -0.2) is 56.3 Å². The number of nitrogens with zero attached hydrogens (tertiary/aromatic N) is 3. The van der Waals surface area contributed by atoms with E-state index in [1.807, 2.05) is 182 Å². The molecule has 2 aromatic heterocycles. The van der Waals surface area contributed by atoms with Gasteiger partial charge in [-0.2, -0.15) is 4.98 Å². The molecule has 8 aromatic rings. The summed E-state index contributed by atoms with van der Waals surface area (Å²) in [6.45, 7) is 2.55. The summed E-state index contributed by atoms with van der Waals surface area (Å²) in [6, 6.07) is 59.3. The fourth-order valence-corrected chi connectivity index (χ4v) is 8.77. The first-order valence-electron chi connectivity index (χ1n) is 21.0. The number of esters is 1. The van der Waals surface area contributed by atoms with Crippen LogP contribution < -0.4 is 10.9 Å². The molecule has 1 aliphatic heterocycles. The van der Waals surface area contributed by atoms with Gasteiger partial charge in [0.15, 0.2) is 23.5 Å². The van der Waals surface area contributed by atoms with Crippen molar-refractivity contribution in [3.05, 3.63) is 232 Å². The number of anilines is 1. The number of carbonyl (C=O) groups is 2. The van der Waals surface area contributed by atoms with Crippen LogP contribution in [0.1, 0.15) is 53.5 Å². The van der Waals surface area contributed by atoms with E-state index in [0.717, 1.165) is 33.4 Å². The van der Waals surface area contributed by atoms with Crippen molar-refractivity contribution in [1.29, 1.82) is 0 Å². The second-order valence-corrected chi connectivity index (χ2v) is 15.5. The van der Waals surface area contributed by atoms with Crippen LogP contribution >= 0.6 is 0 Å². The van der Waals surface area contributed by atoms with Gasteiger partial charge in [0.05, 0.1) is 12.9 Å². The highest BCUT2D eigenvalue weighted by Gasteiger charge is 2.55. The Morgan fingerprint density at radius 2 is 1.06 bits per heavy atom. The van der Waals surface area contributed by atoms with Gasteiger partial charge in [-0.15, -0.1) is 0 Å². The normalized spacial score (nSPS) is 17.5. The second kappa shape index (κ2) is 18.1. The third kappa shape index (κ3) is 7.90. The largest absolute Gasteiger partial charge is 0.457 e. The summed E-state index contributed by atoms with van der Waals surface area (Å²) < 4.78 is 30.1. The number of H-pyrrole nitrogens is 1. The molecular weight excluding hydrogens is 807 g/mol. The zero-order valence-electron chi connectivity index (χ0n) is 35.1. The third-order valence-corrected chi connectivity index (χ3v) is 11.4. The van der Waals surface area contributed by atoms with Crippen molar-refractivity contribution < 1.29 is 28.5 Å². The molecule has 4 atom stereocenters. The molecule has 9 rings (SSSR count). The lowest BCUT2D eigenvalue weighted by Gasteiger charge is -2.40. The molecule has 1 saturated heterocycles. The van der Waals surface area contributed by atoms with Gasteiger partial charge >= 0.3 is 5.97 Å². The van der Waals surface area contributed by atoms with Gasteiger partial charge in [-0.1, -0.05) is 182 Å². The molecule has 0 bridgehead atoms. The predicted molar refractivity (Wildman–Crippen MR) is 241 cm³/mol. The smallest absolute Gasteiger partial charge is 0.303 e. The molecule has 0 radical (unpaired) electrons. The van der Waals surface area contributed by atoms with Crippen LogP contribution in [-0.2, 0) is 39.7 Å². The topological polar surface area (TPSA) is 147 Å². The van der Waals surface area contributed by atoms with Crippen LogP contribution in [0.25, 0.3) is 11.2 Å². The number of hydrogen-bond donors (Lipinski definition) is 2. The molecule has 320 valence electrons. The molecule has 1 aliphatic rings. The maximum atomic E-state index is 13.5. The van der Waals surface area contributed by atoms with Crippen molar-refractivity contribution in [3.63, 3.8) is 0 Å². The summed E-state index contributed by atoms with van der Waals surface area (Å²) in [4.78, 5) is 50.8. The Bertz CT molecular complexity index is 2700. The molecule has 3 heterocycles. The molecule has 1 fully saturated rings. The van der Waals surface area contributed by atoms with Crippen LogP contribution in [0, 0.1) is 0 Å². The molecule has 6 aromatic carbocycles. The Balaban J connectivity index is 1.25. The number of benzene rings is 6. The van der Waals surface area contributed by atoms with Crippen molar-refractivity contribution in [3.8, 4) is 0 Å². The van der Waals surface area contributed by atoms with Crippen LogP contribution in [0.5, 0.6) is 0 Å². The molecular formula is C52H45N5O7. The molecule has 0 aliphatic carbocycles. The van der Waals surface area contributed by atoms with Crippen molar-refractivity contribution in [1.82, 2.24) is 19.5 Å². The van der Waals surface area contributed by atoms with Crippen LogP contribution in [0.2, 0.25) is 0 Å². The first-order valence-corrected chi connectivity index (χ1v) is 21.0. The number of amides is 1.